The number of hydrogen-bond acceptors (Lipinski definition) is 6. The molecule has 1 amide bonds. The molecule has 2 saturated heterocycles. The number of fused-ring (bicyclic) bond motifs is 2. The Bertz CT molecular complexity index is 1250. The van der Waals surface area contributed by atoms with Crippen LogP contribution < -0.4 is 14.2 Å². The van der Waals surface area contributed by atoms with Crippen molar-refractivity contribution < 1.29 is 27.4 Å². The van der Waals surface area contributed by atoms with Gasteiger partial charge >= 0.3 is 0 Å². The highest BCUT2D eigenvalue weighted by molar-refractivity contribution is 7.89. The molecule has 0 aliphatic carbocycles. The van der Waals surface area contributed by atoms with Gasteiger partial charge in [0.25, 0.3) is 0 Å². The highest BCUT2D eigenvalue weighted by Gasteiger charge is 2.49. The van der Waals surface area contributed by atoms with E-state index in [0.717, 1.165) is 6.42 Å². The fraction of sp³-hybridized carbons (Fsp3) is 0.423. The lowest BCUT2D eigenvalue weighted by atomic mass is 9.90. The molecule has 2 aliphatic heterocycles. The summed E-state index contributed by atoms with van der Waals surface area (Å²) in [4.78, 5) is 15.4. The Kier molecular flexibility index (Phi) is 8.58. The molecule has 2 fully saturated rings. The second kappa shape index (κ2) is 11.5. The van der Waals surface area contributed by atoms with Crippen LogP contribution in [0.4, 0.5) is 0 Å². The van der Waals surface area contributed by atoms with Crippen LogP contribution in [0.25, 0.3) is 0 Å². The Morgan fingerprint density at radius 1 is 1.05 bits per heavy atom. The Morgan fingerprint density at radius 2 is 1.76 bits per heavy atom. The van der Waals surface area contributed by atoms with E-state index in [1.807, 2.05) is 0 Å². The molecule has 200 valence electrons. The van der Waals surface area contributed by atoms with Crippen LogP contribution in [-0.4, -0.2) is 69.5 Å². The van der Waals surface area contributed by atoms with Gasteiger partial charge in [-0.25, -0.2) is 8.42 Å². The summed E-state index contributed by atoms with van der Waals surface area (Å²) < 4.78 is 45.5. The number of methoxy groups -OCH3 is 2. The van der Waals surface area contributed by atoms with Crippen molar-refractivity contribution in [3.63, 3.8) is 0 Å². The van der Waals surface area contributed by atoms with Crippen molar-refractivity contribution in [3.05, 3.63) is 59.1 Å². The van der Waals surface area contributed by atoms with Crippen LogP contribution in [0, 0.1) is 5.92 Å². The van der Waals surface area contributed by atoms with E-state index >= 15 is 0 Å². The molecule has 2 aromatic rings. The van der Waals surface area contributed by atoms with E-state index in [1.54, 1.807) is 43.4 Å². The van der Waals surface area contributed by atoms with Gasteiger partial charge in [0, 0.05) is 34.6 Å². The predicted molar refractivity (Wildman–Crippen MR) is 142 cm³/mol. The van der Waals surface area contributed by atoms with E-state index < -0.39 is 22.1 Å². The molecule has 2 aliphatic rings. The van der Waals surface area contributed by atoms with E-state index in [0.29, 0.717) is 36.6 Å². The number of carbonyl (C=O) groups is 1. The molecule has 2 aromatic carbocycles. The smallest absolute Gasteiger partial charge is 0.244 e. The number of ether oxygens (including phenoxy) is 3. The fourth-order valence-corrected chi connectivity index (χ4v) is 7.68. The first-order valence-electron chi connectivity index (χ1n) is 12.0. The van der Waals surface area contributed by atoms with E-state index in [1.165, 1.54) is 22.5 Å². The first kappa shape index (κ1) is 27.6. The lowest BCUT2D eigenvalue weighted by molar-refractivity contribution is -0.135. The third-order valence-corrected chi connectivity index (χ3v) is 9.18. The van der Waals surface area contributed by atoms with Crippen LogP contribution >= 0.6 is 23.2 Å². The van der Waals surface area contributed by atoms with Crippen molar-refractivity contribution in [2.75, 3.05) is 33.9 Å². The van der Waals surface area contributed by atoms with Gasteiger partial charge in [0.15, 0.2) is 11.5 Å². The minimum absolute atomic E-state index is 0.0252. The van der Waals surface area contributed by atoms with Crippen LogP contribution in [-0.2, 0) is 14.8 Å². The second-order valence-corrected chi connectivity index (χ2v) is 11.7. The zero-order valence-corrected chi connectivity index (χ0v) is 23.1. The molecule has 2 bridgehead atoms. The van der Waals surface area contributed by atoms with Gasteiger partial charge in [-0.1, -0.05) is 29.3 Å². The first-order chi connectivity index (χ1) is 17.7. The molecule has 37 heavy (non-hydrogen) atoms. The molecule has 0 spiro atoms. The summed E-state index contributed by atoms with van der Waals surface area (Å²) in [6.45, 7) is 4.81. The Hall–Kier alpha value is -2.46. The van der Waals surface area contributed by atoms with Crippen LogP contribution in [0.5, 0.6) is 17.2 Å². The summed E-state index contributed by atoms with van der Waals surface area (Å²) in [6.07, 6.45) is 3.54. The standard InChI is InChI=1S/C26H30Cl2N2O6S/c1-4-17-16-29(10-11-36-20-8-9-24(34-2)25(15-20)35-3)26(31)23-7-5-6-22(17)30(23)37(32,33)21-13-18(27)12-19(28)14-21/h4,8-9,12-15,17,22-23H,1,5-7,10-11,16H2,2-3H3/t17-,22-,23+/m1/s1. The van der Waals surface area contributed by atoms with Crippen molar-refractivity contribution >= 4 is 39.1 Å². The van der Waals surface area contributed by atoms with Gasteiger partial charge in [-0.3, -0.25) is 4.79 Å². The maximum atomic E-state index is 13.8. The summed E-state index contributed by atoms with van der Waals surface area (Å²) in [6, 6.07) is 8.20. The van der Waals surface area contributed by atoms with Crippen molar-refractivity contribution in [3.8, 4) is 17.2 Å². The Labute approximate surface area is 227 Å². The first-order valence-corrected chi connectivity index (χ1v) is 14.1. The molecule has 0 N–H and O–H groups in total. The molecule has 11 heteroatoms. The van der Waals surface area contributed by atoms with Crippen LogP contribution in [0.2, 0.25) is 10.0 Å². The normalized spacial score (nSPS) is 22.3. The highest BCUT2D eigenvalue weighted by atomic mass is 35.5. The number of hydrogen-bond donors (Lipinski definition) is 0. The summed E-state index contributed by atoms with van der Waals surface area (Å²) in [5.41, 5.74) is 0. The van der Waals surface area contributed by atoms with Gasteiger partial charge in [0.05, 0.1) is 25.7 Å². The maximum Gasteiger partial charge on any atom is 0.244 e. The van der Waals surface area contributed by atoms with Crippen molar-refractivity contribution in [2.45, 2.75) is 36.2 Å². The molecule has 3 atom stereocenters. The van der Waals surface area contributed by atoms with Gasteiger partial charge in [0.2, 0.25) is 15.9 Å². The van der Waals surface area contributed by atoms with Crippen LogP contribution in [0.1, 0.15) is 19.3 Å². The minimum atomic E-state index is -4.05. The molecule has 4 rings (SSSR count). The van der Waals surface area contributed by atoms with Crippen molar-refractivity contribution in [1.82, 2.24) is 9.21 Å². The summed E-state index contributed by atoms with van der Waals surface area (Å²) in [5.74, 6) is 1.19. The zero-order valence-electron chi connectivity index (χ0n) is 20.7. The van der Waals surface area contributed by atoms with Gasteiger partial charge in [0.1, 0.15) is 18.4 Å². The monoisotopic (exact) mass is 568 g/mol. The molecule has 8 nitrogen and oxygen atoms in total. The molecule has 2 heterocycles. The lowest BCUT2D eigenvalue weighted by Crippen LogP contribution is -2.54. The summed E-state index contributed by atoms with van der Waals surface area (Å²) >= 11 is 12.2. The number of halogens is 2. The van der Waals surface area contributed by atoms with Gasteiger partial charge in [-0.2, -0.15) is 4.31 Å². The van der Waals surface area contributed by atoms with Crippen LogP contribution in [0.3, 0.4) is 0 Å². The average Bonchev–Trinajstić information content (AvgIpc) is 2.95. The number of sulfonamides is 1. The number of rotatable bonds is 9. The molecular formula is C26H30Cl2N2O6S. The third-order valence-electron chi connectivity index (χ3n) is 6.83. The molecule has 0 aromatic heterocycles. The van der Waals surface area contributed by atoms with E-state index in [4.69, 9.17) is 37.4 Å². The van der Waals surface area contributed by atoms with E-state index in [9.17, 15) is 13.2 Å². The van der Waals surface area contributed by atoms with Gasteiger partial charge < -0.3 is 19.1 Å². The van der Waals surface area contributed by atoms with Gasteiger partial charge in [-0.05, 0) is 49.6 Å². The fourth-order valence-electron chi connectivity index (χ4n) is 5.08. The van der Waals surface area contributed by atoms with Crippen LogP contribution in [0.15, 0.2) is 53.9 Å². The number of amides is 1. The topological polar surface area (TPSA) is 85.4 Å². The largest absolute Gasteiger partial charge is 0.493 e. The van der Waals surface area contributed by atoms with E-state index in [-0.39, 0.29) is 39.9 Å². The Balaban J connectivity index is 1.57. The van der Waals surface area contributed by atoms with Crippen molar-refractivity contribution in [2.24, 2.45) is 5.92 Å². The predicted octanol–water partition coefficient (Wildman–Crippen LogP) is 4.65. The maximum absolute atomic E-state index is 13.8. The quantitative estimate of drug-likeness (QED) is 0.409. The minimum Gasteiger partial charge on any atom is -0.493 e. The second-order valence-electron chi connectivity index (χ2n) is 9.00. The van der Waals surface area contributed by atoms with E-state index in [2.05, 4.69) is 6.58 Å². The van der Waals surface area contributed by atoms with Gasteiger partial charge in [-0.15, -0.1) is 6.58 Å². The Morgan fingerprint density at radius 3 is 2.41 bits per heavy atom. The number of piperidine rings is 1. The molecule has 0 saturated carbocycles. The molecule has 0 unspecified atom stereocenters. The number of nitrogens with zero attached hydrogens (tertiary/aromatic N) is 2. The van der Waals surface area contributed by atoms with Crippen molar-refractivity contribution in [1.29, 1.82) is 0 Å². The molecular weight excluding hydrogens is 539 g/mol. The highest BCUT2D eigenvalue weighted by Crippen LogP contribution is 2.38. The average molecular weight is 570 g/mol. The zero-order chi connectivity index (χ0) is 26.7. The number of benzene rings is 2. The SMILES string of the molecule is C=C[C@@H]1CN(CCOc2ccc(OC)c(OC)c2)C(=O)[C@@H]2CCC[C@H]1N2S(=O)(=O)c1cc(Cl)cc(Cl)c1. The molecule has 0 radical (unpaired) electrons. The lowest BCUT2D eigenvalue weighted by Gasteiger charge is -2.40. The number of carbonyl (C=O) groups excluding carboxylic acids is 1. The summed E-state index contributed by atoms with van der Waals surface area (Å²) in [7, 11) is -0.955. The third kappa shape index (κ3) is 5.70. The summed E-state index contributed by atoms with van der Waals surface area (Å²) in [5, 5.41) is 0.429.